The van der Waals surface area contributed by atoms with Crippen LogP contribution in [0.1, 0.15) is 29.8 Å². The molecule has 0 bridgehead atoms. The Morgan fingerprint density at radius 3 is 3.00 bits per heavy atom. The third-order valence-electron chi connectivity index (χ3n) is 4.23. The molecule has 0 saturated heterocycles. The van der Waals surface area contributed by atoms with Crippen LogP contribution in [-0.4, -0.2) is 15.5 Å². The number of amides is 1. The van der Waals surface area contributed by atoms with Crippen molar-refractivity contribution in [3.05, 3.63) is 45.4 Å². The number of carbonyl (C=O) groups excluding carboxylic acids is 1. The van der Waals surface area contributed by atoms with Gasteiger partial charge in [-0.15, -0.1) is 11.3 Å². The summed E-state index contributed by atoms with van der Waals surface area (Å²) in [6.45, 7) is 0.284. The molecule has 0 spiro atoms. The summed E-state index contributed by atoms with van der Waals surface area (Å²) in [6, 6.07) is 7.21. The van der Waals surface area contributed by atoms with Crippen molar-refractivity contribution in [2.75, 3.05) is 5.32 Å². The molecule has 0 saturated carbocycles. The lowest BCUT2D eigenvalue weighted by Gasteiger charge is -2.06. The minimum absolute atomic E-state index is 0.140. The molecule has 3 aromatic rings. The summed E-state index contributed by atoms with van der Waals surface area (Å²) < 4.78 is 6.66. The van der Waals surface area contributed by atoms with Crippen LogP contribution in [0.25, 0.3) is 11.1 Å². The van der Waals surface area contributed by atoms with Gasteiger partial charge in [0, 0.05) is 17.8 Å². The molecule has 124 valence electrons. The number of hydrogen-bond acceptors (Lipinski definition) is 5. The van der Waals surface area contributed by atoms with Crippen LogP contribution in [0.5, 0.6) is 0 Å². The van der Waals surface area contributed by atoms with E-state index in [1.807, 2.05) is 18.2 Å². The van der Waals surface area contributed by atoms with Gasteiger partial charge >= 0.3 is 5.76 Å². The first-order chi connectivity index (χ1) is 11.7. The molecule has 2 heterocycles. The van der Waals surface area contributed by atoms with Crippen LogP contribution in [0.4, 0.5) is 5.13 Å². The number of para-hydroxylation sites is 2. The van der Waals surface area contributed by atoms with E-state index in [4.69, 9.17) is 4.42 Å². The summed E-state index contributed by atoms with van der Waals surface area (Å²) in [5.41, 5.74) is 2.37. The molecule has 0 unspecified atom stereocenters. The molecule has 1 aromatic carbocycles. The summed E-state index contributed by atoms with van der Waals surface area (Å²) in [5.74, 6) is -0.577. The summed E-state index contributed by atoms with van der Waals surface area (Å²) in [6.07, 6.45) is 4.62. The van der Waals surface area contributed by atoms with Crippen molar-refractivity contribution >= 4 is 33.5 Å². The molecule has 4 rings (SSSR count). The van der Waals surface area contributed by atoms with Crippen LogP contribution >= 0.6 is 11.3 Å². The number of anilines is 1. The molecule has 6 nitrogen and oxygen atoms in total. The number of aryl methyl sites for hydroxylation is 3. The predicted octanol–water partition coefficient (Wildman–Crippen LogP) is 2.96. The van der Waals surface area contributed by atoms with Gasteiger partial charge < -0.3 is 9.73 Å². The van der Waals surface area contributed by atoms with E-state index in [2.05, 4.69) is 10.3 Å². The molecular formula is C17H17N3O3S. The topological polar surface area (TPSA) is 77.1 Å². The number of rotatable bonds is 4. The van der Waals surface area contributed by atoms with Gasteiger partial charge in [0.05, 0.1) is 11.2 Å². The van der Waals surface area contributed by atoms with Crippen LogP contribution in [0.2, 0.25) is 0 Å². The Bertz CT molecular complexity index is 930. The number of nitrogens with one attached hydrogen (secondary N) is 1. The van der Waals surface area contributed by atoms with Crippen molar-refractivity contribution in [1.82, 2.24) is 9.55 Å². The number of oxazole rings is 1. The van der Waals surface area contributed by atoms with E-state index < -0.39 is 5.76 Å². The van der Waals surface area contributed by atoms with Crippen molar-refractivity contribution in [1.29, 1.82) is 0 Å². The molecule has 1 aliphatic rings. The average Bonchev–Trinajstić information content (AvgIpc) is 3.12. The lowest BCUT2D eigenvalue weighted by atomic mass is 10.0. The van der Waals surface area contributed by atoms with Crippen molar-refractivity contribution in [3.63, 3.8) is 0 Å². The first kappa shape index (κ1) is 15.1. The average molecular weight is 343 g/mol. The molecule has 7 heteroatoms. The van der Waals surface area contributed by atoms with Gasteiger partial charge in [-0.1, -0.05) is 12.1 Å². The number of benzene rings is 1. The SMILES string of the molecule is O=C(CCn1c(=O)oc2ccccc21)Nc1nc2c(s1)CCCC2. The summed E-state index contributed by atoms with van der Waals surface area (Å²) >= 11 is 1.56. The van der Waals surface area contributed by atoms with E-state index in [9.17, 15) is 9.59 Å². The van der Waals surface area contributed by atoms with Gasteiger partial charge in [-0.3, -0.25) is 9.36 Å². The summed E-state index contributed by atoms with van der Waals surface area (Å²) in [5, 5.41) is 3.51. The number of aromatic nitrogens is 2. The lowest BCUT2D eigenvalue weighted by Crippen LogP contribution is -2.19. The van der Waals surface area contributed by atoms with Crippen LogP contribution in [0, 0.1) is 0 Å². The molecule has 0 aliphatic heterocycles. The fourth-order valence-electron chi connectivity index (χ4n) is 3.03. The Labute approximate surface area is 142 Å². The molecule has 0 atom stereocenters. The number of thiazole rings is 1. The standard InChI is InChI=1S/C17H17N3O3S/c21-15(19-16-18-11-5-1-4-8-14(11)24-16)9-10-20-12-6-2-3-7-13(12)23-17(20)22/h2-3,6-7H,1,4-5,8-10H2,(H,18,19,21). The Morgan fingerprint density at radius 1 is 1.29 bits per heavy atom. The van der Waals surface area contributed by atoms with E-state index in [-0.39, 0.29) is 18.9 Å². The molecule has 1 N–H and O–H groups in total. The molecule has 24 heavy (non-hydrogen) atoms. The highest BCUT2D eigenvalue weighted by Crippen LogP contribution is 2.29. The lowest BCUT2D eigenvalue weighted by molar-refractivity contribution is -0.116. The van der Waals surface area contributed by atoms with Crippen molar-refractivity contribution < 1.29 is 9.21 Å². The zero-order chi connectivity index (χ0) is 16.5. The Kier molecular flexibility index (Phi) is 3.93. The monoisotopic (exact) mass is 343 g/mol. The Hall–Kier alpha value is -2.41. The summed E-state index contributed by atoms with van der Waals surface area (Å²) in [4.78, 5) is 29.9. The highest BCUT2D eigenvalue weighted by molar-refractivity contribution is 7.15. The van der Waals surface area contributed by atoms with Gasteiger partial charge in [-0.05, 0) is 37.8 Å². The number of nitrogens with zero attached hydrogens (tertiary/aromatic N) is 2. The highest BCUT2D eigenvalue weighted by atomic mass is 32.1. The van der Waals surface area contributed by atoms with Crippen LogP contribution in [0.3, 0.4) is 0 Å². The van der Waals surface area contributed by atoms with E-state index in [1.54, 1.807) is 17.4 Å². The zero-order valence-electron chi connectivity index (χ0n) is 13.1. The van der Waals surface area contributed by atoms with E-state index in [1.165, 1.54) is 22.3 Å². The van der Waals surface area contributed by atoms with Crippen molar-refractivity contribution in [2.24, 2.45) is 0 Å². The second-order valence-corrected chi connectivity index (χ2v) is 6.97. The molecule has 0 fully saturated rings. The van der Waals surface area contributed by atoms with Crippen molar-refractivity contribution in [2.45, 2.75) is 38.6 Å². The van der Waals surface area contributed by atoms with E-state index in [0.29, 0.717) is 16.2 Å². The first-order valence-electron chi connectivity index (χ1n) is 8.07. The highest BCUT2D eigenvalue weighted by Gasteiger charge is 2.17. The van der Waals surface area contributed by atoms with Gasteiger partial charge in [-0.2, -0.15) is 0 Å². The van der Waals surface area contributed by atoms with Gasteiger partial charge in [0.1, 0.15) is 0 Å². The smallest absolute Gasteiger partial charge is 0.408 e. The Balaban J connectivity index is 1.44. The van der Waals surface area contributed by atoms with Crippen LogP contribution in [0.15, 0.2) is 33.5 Å². The van der Waals surface area contributed by atoms with Crippen molar-refractivity contribution in [3.8, 4) is 0 Å². The molecule has 1 aliphatic carbocycles. The van der Waals surface area contributed by atoms with Gasteiger partial charge in [0.25, 0.3) is 0 Å². The quantitative estimate of drug-likeness (QED) is 0.790. The maximum Gasteiger partial charge on any atom is 0.419 e. The number of carbonyl (C=O) groups is 1. The molecule has 1 amide bonds. The second-order valence-electron chi connectivity index (χ2n) is 5.88. The van der Waals surface area contributed by atoms with E-state index >= 15 is 0 Å². The fraction of sp³-hybridized carbons (Fsp3) is 0.353. The van der Waals surface area contributed by atoms with E-state index in [0.717, 1.165) is 18.5 Å². The normalized spacial score (nSPS) is 13.8. The van der Waals surface area contributed by atoms with Crippen LogP contribution in [-0.2, 0) is 24.2 Å². The maximum atomic E-state index is 12.2. The third-order valence-corrected chi connectivity index (χ3v) is 5.30. The van der Waals surface area contributed by atoms with Crippen LogP contribution < -0.4 is 11.1 Å². The summed E-state index contributed by atoms with van der Waals surface area (Å²) in [7, 11) is 0. The molecular weight excluding hydrogens is 326 g/mol. The minimum Gasteiger partial charge on any atom is -0.408 e. The number of fused-ring (bicyclic) bond motifs is 2. The largest absolute Gasteiger partial charge is 0.419 e. The predicted molar refractivity (Wildman–Crippen MR) is 92.5 cm³/mol. The molecule has 2 aromatic heterocycles. The minimum atomic E-state index is -0.436. The maximum absolute atomic E-state index is 12.2. The fourth-order valence-corrected chi connectivity index (χ4v) is 4.09. The molecule has 0 radical (unpaired) electrons. The van der Waals surface area contributed by atoms with Gasteiger partial charge in [-0.25, -0.2) is 9.78 Å². The first-order valence-corrected chi connectivity index (χ1v) is 8.89. The zero-order valence-corrected chi connectivity index (χ0v) is 13.9. The number of hydrogen-bond donors (Lipinski definition) is 1. The Morgan fingerprint density at radius 2 is 2.12 bits per heavy atom. The third kappa shape index (κ3) is 2.87. The van der Waals surface area contributed by atoms with Gasteiger partial charge in [0.2, 0.25) is 5.91 Å². The van der Waals surface area contributed by atoms with Gasteiger partial charge in [0.15, 0.2) is 10.7 Å². The second kappa shape index (κ2) is 6.24.